The summed E-state index contributed by atoms with van der Waals surface area (Å²) in [6, 6.07) is 0.957. The van der Waals surface area contributed by atoms with Crippen LogP contribution in [-0.2, 0) is 11.2 Å². The van der Waals surface area contributed by atoms with E-state index < -0.39 is 12.0 Å². The van der Waals surface area contributed by atoms with Crippen LogP contribution in [0.3, 0.4) is 0 Å². The predicted octanol–water partition coefficient (Wildman–Crippen LogP) is 2.77. The van der Waals surface area contributed by atoms with Crippen molar-refractivity contribution in [2.75, 3.05) is 6.54 Å². The van der Waals surface area contributed by atoms with Crippen molar-refractivity contribution in [2.45, 2.75) is 50.6 Å². The van der Waals surface area contributed by atoms with Crippen LogP contribution in [-0.4, -0.2) is 34.6 Å². The number of fused-ring (bicyclic) bond motifs is 1. The number of carboxylic acids is 1. The summed E-state index contributed by atoms with van der Waals surface area (Å²) in [7, 11) is 0. The summed E-state index contributed by atoms with van der Waals surface area (Å²) in [5.41, 5.74) is 0.776. The summed E-state index contributed by atoms with van der Waals surface area (Å²) < 4.78 is 0. The number of carbonyl (C=O) groups excluding carboxylic acids is 1. The lowest BCUT2D eigenvalue weighted by atomic mass is 9.95. The van der Waals surface area contributed by atoms with Gasteiger partial charge in [-0.25, -0.2) is 9.59 Å². The Kier molecular flexibility index (Phi) is 4.14. The van der Waals surface area contributed by atoms with Crippen molar-refractivity contribution in [1.82, 2.24) is 10.2 Å². The van der Waals surface area contributed by atoms with Gasteiger partial charge in [0.05, 0.1) is 0 Å². The number of thiophene rings is 1. The van der Waals surface area contributed by atoms with Gasteiger partial charge in [-0.15, -0.1) is 11.3 Å². The third kappa shape index (κ3) is 2.90. The zero-order chi connectivity index (χ0) is 14.8. The maximum absolute atomic E-state index is 12.5. The molecule has 2 N–H and O–H groups in total. The lowest BCUT2D eigenvalue weighted by Gasteiger charge is -2.35. The Labute approximate surface area is 128 Å². The number of aliphatic carboxylic acids is 1. The second kappa shape index (κ2) is 6.05. The molecule has 5 nitrogen and oxygen atoms in total. The summed E-state index contributed by atoms with van der Waals surface area (Å²) in [6.45, 7) is 0.475. The molecule has 1 fully saturated rings. The van der Waals surface area contributed by atoms with Crippen molar-refractivity contribution in [3.05, 3.63) is 21.9 Å². The molecule has 1 saturated carbocycles. The number of carboxylic acid groups (broad SMARTS) is 1. The Morgan fingerprint density at radius 3 is 2.76 bits per heavy atom. The van der Waals surface area contributed by atoms with Crippen LogP contribution in [0.5, 0.6) is 0 Å². The van der Waals surface area contributed by atoms with Crippen LogP contribution in [0.4, 0.5) is 4.79 Å². The molecule has 2 heterocycles. The molecular weight excluding hydrogens is 288 g/mol. The summed E-state index contributed by atoms with van der Waals surface area (Å²) >= 11 is 1.57. The lowest BCUT2D eigenvalue weighted by Crippen LogP contribution is -2.50. The van der Waals surface area contributed by atoms with E-state index in [9.17, 15) is 14.7 Å². The van der Waals surface area contributed by atoms with Gasteiger partial charge in [-0.05, 0) is 36.3 Å². The van der Waals surface area contributed by atoms with Gasteiger partial charge in [0, 0.05) is 17.5 Å². The average molecular weight is 308 g/mol. The highest BCUT2D eigenvalue weighted by molar-refractivity contribution is 7.10. The molecule has 0 spiro atoms. The standard InChI is InChI=1S/C15H20N2O3S/c18-14(19)13-11-7-9-21-12(11)6-8-17(13)15(20)16-10-4-2-1-3-5-10/h7,9-10,13H,1-6,8H2,(H,16,20)(H,18,19). The quantitative estimate of drug-likeness (QED) is 0.882. The van der Waals surface area contributed by atoms with E-state index in [1.54, 1.807) is 11.3 Å². The van der Waals surface area contributed by atoms with Gasteiger partial charge >= 0.3 is 12.0 Å². The van der Waals surface area contributed by atoms with E-state index in [0.717, 1.165) is 42.5 Å². The average Bonchev–Trinajstić information content (AvgIpc) is 2.95. The fourth-order valence-corrected chi connectivity index (χ4v) is 4.21. The maximum atomic E-state index is 12.5. The van der Waals surface area contributed by atoms with Gasteiger partial charge in [-0.2, -0.15) is 0 Å². The van der Waals surface area contributed by atoms with Crippen LogP contribution >= 0.6 is 11.3 Å². The second-order valence-electron chi connectivity index (χ2n) is 5.77. The SMILES string of the molecule is O=C(O)C1c2ccsc2CCN1C(=O)NC1CCCCC1. The molecule has 1 aromatic rings. The van der Waals surface area contributed by atoms with Crippen LogP contribution in [0.25, 0.3) is 0 Å². The van der Waals surface area contributed by atoms with Gasteiger partial charge in [0.15, 0.2) is 6.04 Å². The minimum absolute atomic E-state index is 0.199. The molecule has 1 aliphatic heterocycles. The van der Waals surface area contributed by atoms with Crippen molar-refractivity contribution in [3.63, 3.8) is 0 Å². The fourth-order valence-electron chi connectivity index (χ4n) is 3.31. The third-order valence-electron chi connectivity index (χ3n) is 4.39. The van der Waals surface area contributed by atoms with Gasteiger partial charge in [0.2, 0.25) is 0 Å². The molecule has 0 radical (unpaired) electrons. The smallest absolute Gasteiger partial charge is 0.331 e. The number of hydrogen-bond donors (Lipinski definition) is 2. The minimum Gasteiger partial charge on any atom is -0.479 e. The van der Waals surface area contributed by atoms with Crippen molar-refractivity contribution in [2.24, 2.45) is 0 Å². The minimum atomic E-state index is -0.951. The van der Waals surface area contributed by atoms with Crippen molar-refractivity contribution in [1.29, 1.82) is 0 Å². The number of rotatable bonds is 2. The van der Waals surface area contributed by atoms with Crippen molar-refractivity contribution in [3.8, 4) is 0 Å². The van der Waals surface area contributed by atoms with Crippen molar-refractivity contribution < 1.29 is 14.7 Å². The number of nitrogens with one attached hydrogen (secondary N) is 1. The molecule has 0 bridgehead atoms. The first kappa shape index (κ1) is 14.4. The Morgan fingerprint density at radius 1 is 1.29 bits per heavy atom. The Hall–Kier alpha value is -1.56. The number of nitrogens with zero attached hydrogens (tertiary/aromatic N) is 1. The molecule has 6 heteroatoms. The number of hydrogen-bond acceptors (Lipinski definition) is 3. The lowest BCUT2D eigenvalue weighted by molar-refractivity contribution is -0.142. The van der Waals surface area contributed by atoms with Gasteiger partial charge in [0.1, 0.15) is 0 Å². The first-order valence-corrected chi connectivity index (χ1v) is 8.41. The molecule has 2 amide bonds. The van der Waals surface area contributed by atoms with Crippen LogP contribution in [0.1, 0.15) is 48.6 Å². The molecule has 1 atom stereocenters. The number of carbonyl (C=O) groups is 2. The maximum Gasteiger partial charge on any atom is 0.331 e. The van der Waals surface area contributed by atoms with E-state index >= 15 is 0 Å². The normalized spacial score (nSPS) is 22.7. The zero-order valence-corrected chi connectivity index (χ0v) is 12.7. The Bertz CT molecular complexity index is 537. The van der Waals surface area contributed by atoms with E-state index in [-0.39, 0.29) is 12.1 Å². The fraction of sp³-hybridized carbons (Fsp3) is 0.600. The monoisotopic (exact) mass is 308 g/mol. The largest absolute Gasteiger partial charge is 0.479 e. The van der Waals surface area contributed by atoms with Gasteiger partial charge in [-0.1, -0.05) is 19.3 Å². The van der Waals surface area contributed by atoms with Gasteiger partial charge in [-0.3, -0.25) is 0 Å². The highest BCUT2D eigenvalue weighted by Gasteiger charge is 2.37. The van der Waals surface area contributed by atoms with Crippen LogP contribution < -0.4 is 5.32 Å². The van der Waals surface area contributed by atoms with Crippen LogP contribution in [0.15, 0.2) is 11.4 Å². The van der Waals surface area contributed by atoms with Crippen LogP contribution in [0.2, 0.25) is 0 Å². The molecule has 2 aliphatic rings. The summed E-state index contributed by atoms with van der Waals surface area (Å²) in [4.78, 5) is 26.6. The molecule has 114 valence electrons. The first-order chi connectivity index (χ1) is 10.2. The molecule has 0 aromatic carbocycles. The molecule has 21 heavy (non-hydrogen) atoms. The van der Waals surface area contributed by atoms with E-state index in [4.69, 9.17) is 0 Å². The van der Waals surface area contributed by atoms with E-state index in [1.165, 1.54) is 11.3 Å². The molecular formula is C15H20N2O3S. The first-order valence-electron chi connectivity index (χ1n) is 7.53. The Morgan fingerprint density at radius 2 is 2.05 bits per heavy atom. The molecule has 3 rings (SSSR count). The zero-order valence-electron chi connectivity index (χ0n) is 11.9. The van der Waals surface area contributed by atoms with Crippen molar-refractivity contribution >= 4 is 23.3 Å². The molecule has 1 aromatic heterocycles. The highest BCUT2D eigenvalue weighted by atomic mass is 32.1. The summed E-state index contributed by atoms with van der Waals surface area (Å²) in [5, 5.41) is 14.4. The van der Waals surface area contributed by atoms with Gasteiger partial charge in [0.25, 0.3) is 0 Å². The summed E-state index contributed by atoms with van der Waals surface area (Å²) in [5.74, 6) is -0.951. The Balaban J connectivity index is 1.74. The third-order valence-corrected chi connectivity index (χ3v) is 5.39. The predicted molar refractivity (Wildman–Crippen MR) is 80.5 cm³/mol. The highest BCUT2D eigenvalue weighted by Crippen LogP contribution is 2.33. The second-order valence-corrected chi connectivity index (χ2v) is 6.77. The van der Waals surface area contributed by atoms with Gasteiger partial charge < -0.3 is 15.3 Å². The van der Waals surface area contributed by atoms with Crippen LogP contribution in [0, 0.1) is 0 Å². The molecule has 1 unspecified atom stereocenters. The van der Waals surface area contributed by atoms with E-state index in [1.807, 2.05) is 11.4 Å². The number of urea groups is 1. The number of amides is 2. The van der Waals surface area contributed by atoms with E-state index in [0.29, 0.717) is 6.54 Å². The van der Waals surface area contributed by atoms with E-state index in [2.05, 4.69) is 5.32 Å². The molecule has 1 aliphatic carbocycles. The topological polar surface area (TPSA) is 69.6 Å². The summed E-state index contributed by atoms with van der Waals surface area (Å²) in [6.07, 6.45) is 6.26. The molecule has 0 saturated heterocycles.